The third kappa shape index (κ3) is 4.73. The quantitative estimate of drug-likeness (QED) is 0.646. The minimum atomic E-state index is -0.942. The maximum absolute atomic E-state index is 11.8. The van der Waals surface area contributed by atoms with Gasteiger partial charge in [0.15, 0.2) is 0 Å². The lowest BCUT2D eigenvalue weighted by Gasteiger charge is -2.24. The van der Waals surface area contributed by atoms with E-state index in [2.05, 4.69) is 10.6 Å². The first-order valence-electron chi connectivity index (χ1n) is 6.41. The average Bonchev–Trinajstić information content (AvgIpc) is 2.35. The van der Waals surface area contributed by atoms with Gasteiger partial charge in [-0.15, -0.1) is 0 Å². The molecule has 0 radical (unpaired) electrons. The van der Waals surface area contributed by atoms with E-state index in [9.17, 15) is 9.59 Å². The van der Waals surface area contributed by atoms with E-state index in [4.69, 9.17) is 5.11 Å². The van der Waals surface area contributed by atoms with Gasteiger partial charge in [-0.1, -0.05) is 26.2 Å². The molecule has 0 bridgehead atoms. The van der Waals surface area contributed by atoms with Crippen LogP contribution in [0.25, 0.3) is 0 Å². The molecule has 1 amide bonds. The number of carboxylic acids is 1. The number of hydrogen-bond donors (Lipinski definition) is 3. The minimum absolute atomic E-state index is 0.173. The maximum atomic E-state index is 11.8. The summed E-state index contributed by atoms with van der Waals surface area (Å²) in [6.07, 6.45) is 5.16. The molecule has 0 aromatic heterocycles. The van der Waals surface area contributed by atoms with Gasteiger partial charge in [-0.3, -0.25) is 4.79 Å². The number of unbranched alkanes of at least 4 members (excludes halogenated alkanes) is 1. The molecule has 0 aromatic carbocycles. The average molecular weight is 242 g/mol. The second-order valence-corrected chi connectivity index (χ2v) is 4.54. The number of carbonyl (C=O) groups is 2. The normalized spacial score (nSPS) is 21.8. The second-order valence-electron chi connectivity index (χ2n) is 4.54. The Morgan fingerprint density at radius 3 is 2.76 bits per heavy atom. The van der Waals surface area contributed by atoms with Crippen molar-refractivity contribution >= 4 is 11.9 Å². The first-order chi connectivity index (χ1) is 8.15. The summed E-state index contributed by atoms with van der Waals surface area (Å²) in [7, 11) is 0. The molecular weight excluding hydrogens is 220 g/mol. The second kappa shape index (κ2) is 7.27. The summed E-state index contributed by atoms with van der Waals surface area (Å²) in [6, 6.07) is -0.960. The Kier molecular flexibility index (Phi) is 5.97. The van der Waals surface area contributed by atoms with E-state index in [0.717, 1.165) is 38.6 Å². The number of amides is 1. The number of carbonyl (C=O) groups excluding carboxylic acids is 1. The lowest BCUT2D eigenvalue weighted by Crippen LogP contribution is -2.51. The highest BCUT2D eigenvalue weighted by Gasteiger charge is 2.25. The van der Waals surface area contributed by atoms with E-state index in [1.54, 1.807) is 0 Å². The van der Waals surface area contributed by atoms with Crippen LogP contribution in [0, 0.1) is 0 Å². The molecule has 98 valence electrons. The van der Waals surface area contributed by atoms with Gasteiger partial charge in [0.25, 0.3) is 0 Å². The van der Waals surface area contributed by atoms with Crippen molar-refractivity contribution in [1.29, 1.82) is 0 Å². The monoisotopic (exact) mass is 242 g/mol. The fourth-order valence-electron chi connectivity index (χ4n) is 2.01. The molecule has 1 heterocycles. The van der Waals surface area contributed by atoms with Crippen LogP contribution < -0.4 is 10.6 Å². The van der Waals surface area contributed by atoms with Gasteiger partial charge in [-0.2, -0.15) is 0 Å². The molecule has 17 heavy (non-hydrogen) atoms. The fraction of sp³-hybridized carbons (Fsp3) is 0.833. The van der Waals surface area contributed by atoms with Gasteiger partial charge in [-0.05, 0) is 25.8 Å². The number of rotatable bonds is 6. The zero-order valence-electron chi connectivity index (χ0n) is 10.4. The van der Waals surface area contributed by atoms with Crippen molar-refractivity contribution < 1.29 is 14.7 Å². The predicted octanol–water partition coefficient (Wildman–Crippen LogP) is 0.888. The molecule has 1 aliphatic rings. The van der Waals surface area contributed by atoms with E-state index in [1.807, 2.05) is 6.92 Å². The van der Waals surface area contributed by atoms with E-state index in [-0.39, 0.29) is 11.9 Å². The molecular formula is C12H22N2O3. The van der Waals surface area contributed by atoms with Crippen LogP contribution in [0.15, 0.2) is 0 Å². The number of carboxylic acid groups (broad SMARTS) is 1. The largest absolute Gasteiger partial charge is 0.480 e. The Hall–Kier alpha value is -1.10. The molecule has 1 fully saturated rings. The van der Waals surface area contributed by atoms with Crippen molar-refractivity contribution in [3.8, 4) is 0 Å². The van der Waals surface area contributed by atoms with Crippen LogP contribution in [0.1, 0.15) is 45.4 Å². The van der Waals surface area contributed by atoms with Crippen LogP contribution in [0.5, 0.6) is 0 Å². The summed E-state index contributed by atoms with van der Waals surface area (Å²) in [4.78, 5) is 22.8. The van der Waals surface area contributed by atoms with Crippen LogP contribution in [0.3, 0.4) is 0 Å². The molecule has 3 N–H and O–H groups in total. The summed E-state index contributed by atoms with van der Waals surface area (Å²) >= 11 is 0. The Balaban J connectivity index is 2.42. The van der Waals surface area contributed by atoms with Crippen LogP contribution in [0.4, 0.5) is 0 Å². The highest BCUT2D eigenvalue weighted by Crippen LogP contribution is 2.08. The number of hydrogen-bond acceptors (Lipinski definition) is 3. The molecule has 2 atom stereocenters. The third-order valence-corrected chi connectivity index (χ3v) is 3.09. The molecule has 1 unspecified atom stereocenters. The highest BCUT2D eigenvalue weighted by atomic mass is 16.4. The first kappa shape index (κ1) is 14.0. The highest BCUT2D eigenvalue weighted by molar-refractivity contribution is 5.86. The maximum Gasteiger partial charge on any atom is 0.326 e. The zero-order valence-corrected chi connectivity index (χ0v) is 10.4. The van der Waals surface area contributed by atoms with Crippen molar-refractivity contribution in [2.75, 3.05) is 6.54 Å². The zero-order chi connectivity index (χ0) is 12.7. The molecule has 1 saturated heterocycles. The van der Waals surface area contributed by atoms with E-state index in [1.165, 1.54) is 0 Å². The SMILES string of the molecule is CCCCC(NC(=O)[C@@H]1CCCCN1)C(=O)O. The summed E-state index contributed by atoms with van der Waals surface area (Å²) < 4.78 is 0. The van der Waals surface area contributed by atoms with Crippen molar-refractivity contribution in [3.63, 3.8) is 0 Å². The summed E-state index contributed by atoms with van der Waals surface area (Å²) in [5, 5.41) is 14.7. The van der Waals surface area contributed by atoms with E-state index in [0.29, 0.717) is 6.42 Å². The molecule has 1 aliphatic heterocycles. The molecule has 1 rings (SSSR count). The molecule has 0 saturated carbocycles. The molecule has 0 spiro atoms. The predicted molar refractivity (Wildman–Crippen MR) is 64.7 cm³/mol. The van der Waals surface area contributed by atoms with Crippen molar-refractivity contribution in [2.45, 2.75) is 57.5 Å². The molecule has 0 aromatic rings. The van der Waals surface area contributed by atoms with Crippen LogP contribution in [-0.4, -0.2) is 35.6 Å². The number of aliphatic carboxylic acids is 1. The summed E-state index contributed by atoms with van der Waals surface area (Å²) in [5.74, 6) is -1.11. The fourth-order valence-corrected chi connectivity index (χ4v) is 2.01. The van der Waals surface area contributed by atoms with Gasteiger partial charge in [0, 0.05) is 0 Å². The van der Waals surface area contributed by atoms with Crippen LogP contribution >= 0.6 is 0 Å². The Labute approximate surface area is 102 Å². The molecule has 5 heteroatoms. The van der Waals surface area contributed by atoms with E-state index >= 15 is 0 Å². The summed E-state index contributed by atoms with van der Waals surface area (Å²) in [6.45, 7) is 2.84. The van der Waals surface area contributed by atoms with Crippen molar-refractivity contribution in [2.24, 2.45) is 0 Å². The first-order valence-corrected chi connectivity index (χ1v) is 6.41. The van der Waals surface area contributed by atoms with Gasteiger partial charge in [0.1, 0.15) is 6.04 Å². The van der Waals surface area contributed by atoms with Gasteiger partial charge in [0.2, 0.25) is 5.91 Å². The standard InChI is InChI=1S/C12H22N2O3/c1-2-3-6-10(12(16)17)14-11(15)9-7-4-5-8-13-9/h9-10,13H,2-8H2,1H3,(H,14,15)(H,16,17)/t9-,10?/m0/s1. The van der Waals surface area contributed by atoms with E-state index < -0.39 is 12.0 Å². The Morgan fingerprint density at radius 2 is 2.24 bits per heavy atom. The van der Waals surface area contributed by atoms with Crippen molar-refractivity contribution in [1.82, 2.24) is 10.6 Å². The lowest BCUT2D eigenvalue weighted by atomic mass is 10.0. The Bertz CT molecular complexity index is 262. The minimum Gasteiger partial charge on any atom is -0.480 e. The topological polar surface area (TPSA) is 78.4 Å². The Morgan fingerprint density at radius 1 is 1.47 bits per heavy atom. The van der Waals surface area contributed by atoms with Crippen LogP contribution in [0.2, 0.25) is 0 Å². The van der Waals surface area contributed by atoms with Gasteiger partial charge < -0.3 is 15.7 Å². The molecule has 5 nitrogen and oxygen atoms in total. The number of piperidine rings is 1. The lowest BCUT2D eigenvalue weighted by molar-refractivity contribution is -0.142. The van der Waals surface area contributed by atoms with Gasteiger partial charge in [0.05, 0.1) is 6.04 Å². The summed E-state index contributed by atoms with van der Waals surface area (Å²) in [5.41, 5.74) is 0. The smallest absolute Gasteiger partial charge is 0.326 e. The molecule has 0 aliphatic carbocycles. The van der Waals surface area contributed by atoms with Gasteiger partial charge >= 0.3 is 5.97 Å². The number of nitrogens with one attached hydrogen (secondary N) is 2. The van der Waals surface area contributed by atoms with Crippen molar-refractivity contribution in [3.05, 3.63) is 0 Å². The third-order valence-electron chi connectivity index (χ3n) is 3.09. The van der Waals surface area contributed by atoms with Gasteiger partial charge in [-0.25, -0.2) is 4.79 Å². The van der Waals surface area contributed by atoms with Crippen LogP contribution in [-0.2, 0) is 9.59 Å².